The van der Waals surface area contributed by atoms with Crippen LogP contribution in [0, 0.1) is 6.92 Å². The number of rotatable bonds is 6. The van der Waals surface area contributed by atoms with Gasteiger partial charge in [-0.1, -0.05) is 31.5 Å². The number of aryl methyl sites for hydroxylation is 1. The van der Waals surface area contributed by atoms with Crippen LogP contribution in [0.2, 0.25) is 5.02 Å². The highest BCUT2D eigenvalue weighted by atomic mass is 35.5. The summed E-state index contributed by atoms with van der Waals surface area (Å²) in [6, 6.07) is 5.95. The number of carbonyl (C=O) groups is 1. The third kappa shape index (κ3) is 4.22. The summed E-state index contributed by atoms with van der Waals surface area (Å²) >= 11 is 6.10. The largest absolute Gasteiger partial charge is 0.359 e. The van der Waals surface area contributed by atoms with Gasteiger partial charge in [0.1, 0.15) is 0 Å². The van der Waals surface area contributed by atoms with E-state index >= 15 is 0 Å². The molecule has 1 rings (SSSR count). The predicted octanol–water partition coefficient (Wildman–Crippen LogP) is 3.17. The molecule has 0 bridgehead atoms. The first-order valence-corrected chi connectivity index (χ1v) is 7.11. The number of nitrogens with one attached hydrogen (secondary N) is 1. The molecule has 1 amide bonds. The number of carbonyl (C=O) groups excluding carboxylic acids is 1. The first kappa shape index (κ1) is 16.0. The molecule has 106 valence electrons. The van der Waals surface area contributed by atoms with Crippen molar-refractivity contribution in [2.24, 2.45) is 0 Å². The molecule has 3 nitrogen and oxygen atoms in total. The average Bonchev–Trinajstić information content (AvgIpc) is 2.41. The SMILES string of the molecule is CCN(CC)[C@@H](CC(=O)NC)c1cc(Cl)ccc1C. The molecule has 0 aromatic heterocycles. The van der Waals surface area contributed by atoms with Crippen LogP contribution in [0.25, 0.3) is 0 Å². The molecule has 0 saturated heterocycles. The maximum absolute atomic E-state index is 11.8. The Bertz CT molecular complexity index is 430. The van der Waals surface area contributed by atoms with E-state index in [1.165, 1.54) is 5.56 Å². The van der Waals surface area contributed by atoms with Gasteiger partial charge >= 0.3 is 0 Å². The average molecular weight is 283 g/mol. The van der Waals surface area contributed by atoms with Crippen molar-refractivity contribution >= 4 is 17.5 Å². The summed E-state index contributed by atoms with van der Waals surface area (Å²) < 4.78 is 0. The lowest BCUT2D eigenvalue weighted by molar-refractivity contribution is -0.121. The van der Waals surface area contributed by atoms with Gasteiger partial charge in [-0.3, -0.25) is 9.69 Å². The number of amides is 1. The van der Waals surface area contributed by atoms with Crippen molar-refractivity contribution < 1.29 is 4.79 Å². The zero-order chi connectivity index (χ0) is 14.4. The molecule has 4 heteroatoms. The fourth-order valence-electron chi connectivity index (χ4n) is 2.35. The van der Waals surface area contributed by atoms with Crippen LogP contribution in [0.4, 0.5) is 0 Å². The van der Waals surface area contributed by atoms with E-state index < -0.39 is 0 Å². The quantitative estimate of drug-likeness (QED) is 0.869. The molecule has 19 heavy (non-hydrogen) atoms. The molecule has 0 unspecified atom stereocenters. The zero-order valence-corrected chi connectivity index (χ0v) is 12.9. The van der Waals surface area contributed by atoms with Gasteiger partial charge < -0.3 is 5.32 Å². The van der Waals surface area contributed by atoms with Gasteiger partial charge in [0.05, 0.1) is 0 Å². The third-order valence-corrected chi connectivity index (χ3v) is 3.75. The van der Waals surface area contributed by atoms with Crippen LogP contribution in [-0.2, 0) is 4.79 Å². The highest BCUT2D eigenvalue weighted by Gasteiger charge is 2.22. The van der Waals surface area contributed by atoms with E-state index in [1.807, 2.05) is 18.2 Å². The molecule has 0 aliphatic heterocycles. The molecule has 0 aliphatic carbocycles. The van der Waals surface area contributed by atoms with E-state index in [0.29, 0.717) is 6.42 Å². The molecule has 1 aromatic carbocycles. The van der Waals surface area contributed by atoms with Crippen LogP contribution in [0.5, 0.6) is 0 Å². The zero-order valence-electron chi connectivity index (χ0n) is 12.2. The number of hydrogen-bond donors (Lipinski definition) is 1. The minimum Gasteiger partial charge on any atom is -0.359 e. The lowest BCUT2D eigenvalue weighted by atomic mass is 9.97. The molecule has 1 N–H and O–H groups in total. The van der Waals surface area contributed by atoms with E-state index in [2.05, 4.69) is 31.0 Å². The van der Waals surface area contributed by atoms with Gasteiger partial charge in [0, 0.05) is 24.5 Å². The van der Waals surface area contributed by atoms with E-state index in [1.54, 1.807) is 7.05 Å². The Hall–Kier alpha value is -1.06. The monoisotopic (exact) mass is 282 g/mol. The summed E-state index contributed by atoms with van der Waals surface area (Å²) in [6.45, 7) is 8.10. The first-order valence-electron chi connectivity index (χ1n) is 6.74. The number of halogens is 1. The Labute approximate surface area is 120 Å². The van der Waals surface area contributed by atoms with Crippen LogP contribution in [0.15, 0.2) is 18.2 Å². The van der Waals surface area contributed by atoms with Crippen molar-refractivity contribution in [2.75, 3.05) is 20.1 Å². The van der Waals surface area contributed by atoms with Crippen molar-refractivity contribution in [3.63, 3.8) is 0 Å². The molecule has 0 heterocycles. The van der Waals surface area contributed by atoms with Crippen molar-refractivity contribution in [1.82, 2.24) is 10.2 Å². The third-order valence-electron chi connectivity index (χ3n) is 3.51. The normalized spacial score (nSPS) is 12.5. The topological polar surface area (TPSA) is 32.3 Å². The molecule has 0 radical (unpaired) electrons. The van der Waals surface area contributed by atoms with Gasteiger partial charge in [-0.15, -0.1) is 0 Å². The van der Waals surface area contributed by atoms with Gasteiger partial charge in [-0.05, 0) is 43.3 Å². The van der Waals surface area contributed by atoms with E-state index in [9.17, 15) is 4.79 Å². The fourth-order valence-corrected chi connectivity index (χ4v) is 2.53. The van der Waals surface area contributed by atoms with Gasteiger partial charge in [-0.2, -0.15) is 0 Å². The second-order valence-electron chi connectivity index (χ2n) is 4.62. The van der Waals surface area contributed by atoms with Gasteiger partial charge in [-0.25, -0.2) is 0 Å². The van der Waals surface area contributed by atoms with Gasteiger partial charge in [0.25, 0.3) is 0 Å². The molecular formula is C15H23ClN2O. The Kier molecular flexibility index (Phi) is 6.32. The van der Waals surface area contributed by atoms with Crippen LogP contribution in [-0.4, -0.2) is 30.9 Å². The van der Waals surface area contributed by atoms with Crippen LogP contribution >= 0.6 is 11.6 Å². The molecule has 0 saturated carbocycles. The van der Waals surface area contributed by atoms with Crippen LogP contribution in [0.1, 0.15) is 37.4 Å². The Morgan fingerprint density at radius 2 is 2.00 bits per heavy atom. The number of hydrogen-bond acceptors (Lipinski definition) is 2. The molecule has 0 aliphatic rings. The summed E-state index contributed by atoms with van der Waals surface area (Å²) in [5, 5.41) is 3.42. The maximum atomic E-state index is 11.8. The lowest BCUT2D eigenvalue weighted by Crippen LogP contribution is -2.33. The summed E-state index contributed by atoms with van der Waals surface area (Å²) in [5.41, 5.74) is 2.31. The van der Waals surface area contributed by atoms with Gasteiger partial charge in [0.15, 0.2) is 0 Å². The highest BCUT2D eigenvalue weighted by Crippen LogP contribution is 2.29. The summed E-state index contributed by atoms with van der Waals surface area (Å²) in [7, 11) is 1.67. The van der Waals surface area contributed by atoms with E-state index in [-0.39, 0.29) is 11.9 Å². The van der Waals surface area contributed by atoms with E-state index in [4.69, 9.17) is 11.6 Å². The van der Waals surface area contributed by atoms with Crippen molar-refractivity contribution in [1.29, 1.82) is 0 Å². The second-order valence-corrected chi connectivity index (χ2v) is 5.05. The summed E-state index contributed by atoms with van der Waals surface area (Å²) in [6.07, 6.45) is 0.458. The molecule has 1 aromatic rings. The fraction of sp³-hybridized carbons (Fsp3) is 0.533. The smallest absolute Gasteiger partial charge is 0.221 e. The predicted molar refractivity (Wildman–Crippen MR) is 80.5 cm³/mol. The van der Waals surface area contributed by atoms with E-state index in [0.717, 1.165) is 23.7 Å². The summed E-state index contributed by atoms with van der Waals surface area (Å²) in [4.78, 5) is 14.0. The molecule has 1 atom stereocenters. The number of benzene rings is 1. The van der Waals surface area contributed by atoms with Crippen molar-refractivity contribution in [3.8, 4) is 0 Å². The van der Waals surface area contributed by atoms with Gasteiger partial charge in [0.2, 0.25) is 5.91 Å². The standard InChI is InChI=1S/C15H23ClN2O/c1-5-18(6-2)14(10-15(19)17-4)13-9-12(16)8-7-11(13)3/h7-9,14H,5-6,10H2,1-4H3,(H,17,19)/t14-/m0/s1. The van der Waals surface area contributed by atoms with Crippen molar-refractivity contribution in [2.45, 2.75) is 33.2 Å². The van der Waals surface area contributed by atoms with Crippen LogP contribution < -0.4 is 5.32 Å². The Morgan fingerprint density at radius 1 is 1.37 bits per heavy atom. The maximum Gasteiger partial charge on any atom is 0.221 e. The minimum atomic E-state index is 0.0521. The molecule has 0 spiro atoms. The lowest BCUT2D eigenvalue weighted by Gasteiger charge is -2.30. The molecular weight excluding hydrogens is 260 g/mol. The Morgan fingerprint density at radius 3 is 2.53 bits per heavy atom. The first-order chi connectivity index (χ1) is 9.03. The van der Waals surface area contributed by atoms with Crippen molar-refractivity contribution in [3.05, 3.63) is 34.3 Å². The minimum absolute atomic E-state index is 0.0521. The summed E-state index contributed by atoms with van der Waals surface area (Å²) in [5.74, 6) is 0.0521. The second kappa shape index (κ2) is 7.51. The van der Waals surface area contributed by atoms with Crippen LogP contribution in [0.3, 0.4) is 0 Å². The molecule has 0 fully saturated rings. The number of nitrogens with zero attached hydrogens (tertiary/aromatic N) is 1. The Balaban J connectivity index is 3.13. The highest BCUT2D eigenvalue weighted by molar-refractivity contribution is 6.30.